The van der Waals surface area contributed by atoms with E-state index >= 15 is 0 Å². The summed E-state index contributed by atoms with van der Waals surface area (Å²) in [5.74, 6) is 2.63. The Morgan fingerprint density at radius 3 is 2.33 bits per heavy atom. The lowest BCUT2D eigenvalue weighted by Gasteiger charge is -2.13. The van der Waals surface area contributed by atoms with Crippen molar-refractivity contribution < 1.29 is 4.52 Å². The van der Waals surface area contributed by atoms with E-state index in [1.165, 1.54) is 0 Å². The van der Waals surface area contributed by atoms with Crippen LogP contribution in [0.25, 0.3) is 0 Å². The van der Waals surface area contributed by atoms with Gasteiger partial charge in [0.05, 0.1) is 0 Å². The Balaban J connectivity index is 3.22. The number of terminal acetylenes is 1. The van der Waals surface area contributed by atoms with Crippen LogP contribution in [-0.4, -0.2) is 5.16 Å². The zero-order valence-corrected chi connectivity index (χ0v) is 8.07. The second-order valence-electron chi connectivity index (χ2n) is 3.57. The first-order valence-corrected chi connectivity index (χ1v) is 3.97. The third-order valence-corrected chi connectivity index (χ3v) is 1.83. The molecule has 12 heavy (non-hydrogen) atoms. The van der Waals surface area contributed by atoms with Gasteiger partial charge in [-0.25, -0.2) is 0 Å². The van der Waals surface area contributed by atoms with Crippen molar-refractivity contribution in [3.05, 3.63) is 16.5 Å². The van der Waals surface area contributed by atoms with Gasteiger partial charge in [0.2, 0.25) is 5.76 Å². The number of nitrogens with zero attached hydrogens (tertiary/aromatic N) is 1. The highest BCUT2D eigenvalue weighted by molar-refractivity contribution is 6.32. The number of halogens is 1. The molecule has 1 heterocycles. The average Bonchev–Trinajstić information content (AvgIpc) is 2.29. The van der Waals surface area contributed by atoms with Gasteiger partial charge in [-0.2, -0.15) is 0 Å². The summed E-state index contributed by atoms with van der Waals surface area (Å²) in [7, 11) is 0. The molecule has 0 spiro atoms. The predicted molar refractivity (Wildman–Crippen MR) is 48.1 cm³/mol. The van der Waals surface area contributed by atoms with Crippen LogP contribution >= 0.6 is 11.6 Å². The third kappa shape index (κ3) is 1.46. The first kappa shape index (κ1) is 9.15. The smallest absolute Gasteiger partial charge is 0.228 e. The van der Waals surface area contributed by atoms with Gasteiger partial charge >= 0.3 is 0 Å². The fraction of sp³-hybridized carbons (Fsp3) is 0.444. The Morgan fingerprint density at radius 1 is 1.50 bits per heavy atom. The van der Waals surface area contributed by atoms with Crippen molar-refractivity contribution in [2.75, 3.05) is 0 Å². The SMILES string of the molecule is C#Cc1onc(C(C)(C)C)c1Cl. The average molecular weight is 184 g/mol. The lowest BCUT2D eigenvalue weighted by Crippen LogP contribution is -2.11. The molecule has 0 aliphatic rings. The molecule has 0 saturated carbocycles. The molecule has 1 rings (SSSR count). The topological polar surface area (TPSA) is 26.0 Å². The highest BCUT2D eigenvalue weighted by atomic mass is 35.5. The molecule has 2 nitrogen and oxygen atoms in total. The molecular formula is C9H10ClNO. The second-order valence-corrected chi connectivity index (χ2v) is 3.95. The summed E-state index contributed by atoms with van der Waals surface area (Å²) >= 11 is 5.91. The van der Waals surface area contributed by atoms with Gasteiger partial charge in [-0.05, 0) is 5.92 Å². The van der Waals surface area contributed by atoms with Crippen LogP contribution in [0, 0.1) is 12.3 Å². The van der Waals surface area contributed by atoms with Crippen molar-refractivity contribution in [1.29, 1.82) is 0 Å². The Bertz CT molecular complexity index is 327. The molecule has 0 amide bonds. The van der Waals surface area contributed by atoms with E-state index in [1.54, 1.807) is 0 Å². The largest absolute Gasteiger partial charge is 0.346 e. The van der Waals surface area contributed by atoms with E-state index in [9.17, 15) is 0 Å². The maximum Gasteiger partial charge on any atom is 0.228 e. The van der Waals surface area contributed by atoms with Crippen LogP contribution in [0.1, 0.15) is 32.2 Å². The maximum absolute atomic E-state index is 5.91. The zero-order chi connectivity index (χ0) is 9.35. The lowest BCUT2D eigenvalue weighted by atomic mass is 9.92. The molecule has 0 unspecified atom stereocenters. The molecule has 0 aliphatic heterocycles. The molecule has 0 atom stereocenters. The molecule has 0 saturated heterocycles. The van der Waals surface area contributed by atoms with Crippen molar-refractivity contribution in [3.8, 4) is 12.3 Å². The zero-order valence-electron chi connectivity index (χ0n) is 7.31. The number of aromatic nitrogens is 1. The molecule has 0 aliphatic carbocycles. The summed E-state index contributed by atoms with van der Waals surface area (Å²) in [5.41, 5.74) is 0.576. The van der Waals surface area contributed by atoms with E-state index in [4.69, 9.17) is 22.5 Å². The molecule has 0 aromatic carbocycles. The molecule has 64 valence electrons. The van der Waals surface area contributed by atoms with Gasteiger partial charge in [0.25, 0.3) is 0 Å². The van der Waals surface area contributed by atoms with Crippen LogP contribution in [0.5, 0.6) is 0 Å². The van der Waals surface area contributed by atoms with Gasteiger partial charge in [-0.15, -0.1) is 6.42 Å². The number of hydrogen-bond donors (Lipinski definition) is 0. The Labute approximate surface area is 76.9 Å². The summed E-state index contributed by atoms with van der Waals surface area (Å²) in [4.78, 5) is 0. The van der Waals surface area contributed by atoms with Crippen molar-refractivity contribution >= 4 is 11.6 Å². The first-order chi connectivity index (χ1) is 5.46. The van der Waals surface area contributed by atoms with Gasteiger partial charge < -0.3 is 4.52 Å². The van der Waals surface area contributed by atoms with Crippen molar-refractivity contribution in [2.45, 2.75) is 26.2 Å². The van der Waals surface area contributed by atoms with E-state index in [2.05, 4.69) is 11.1 Å². The molecule has 0 bridgehead atoms. The van der Waals surface area contributed by atoms with Crippen LogP contribution in [-0.2, 0) is 5.41 Å². The molecule has 1 aromatic heterocycles. The minimum atomic E-state index is -0.129. The minimum Gasteiger partial charge on any atom is -0.346 e. The first-order valence-electron chi connectivity index (χ1n) is 3.59. The van der Waals surface area contributed by atoms with Gasteiger partial charge in [0, 0.05) is 5.41 Å². The van der Waals surface area contributed by atoms with Crippen molar-refractivity contribution in [2.24, 2.45) is 0 Å². The lowest BCUT2D eigenvalue weighted by molar-refractivity contribution is 0.386. The van der Waals surface area contributed by atoms with Crippen LogP contribution in [0.15, 0.2) is 4.52 Å². The Hall–Kier alpha value is -0.940. The summed E-state index contributed by atoms with van der Waals surface area (Å²) < 4.78 is 4.85. The summed E-state index contributed by atoms with van der Waals surface area (Å²) in [6.45, 7) is 5.99. The van der Waals surface area contributed by atoms with Gasteiger partial charge in [-0.3, -0.25) is 0 Å². The molecule has 1 aromatic rings. The number of rotatable bonds is 0. The summed E-state index contributed by atoms with van der Waals surface area (Å²) in [6, 6.07) is 0. The number of hydrogen-bond acceptors (Lipinski definition) is 2. The van der Waals surface area contributed by atoms with Crippen LogP contribution in [0.3, 0.4) is 0 Å². The quantitative estimate of drug-likeness (QED) is 0.578. The van der Waals surface area contributed by atoms with Gasteiger partial charge in [0.15, 0.2) is 0 Å². The van der Waals surface area contributed by atoms with E-state index in [-0.39, 0.29) is 5.41 Å². The highest BCUT2D eigenvalue weighted by Crippen LogP contribution is 2.30. The molecule has 0 N–H and O–H groups in total. The minimum absolute atomic E-state index is 0.129. The van der Waals surface area contributed by atoms with Gasteiger partial charge in [-0.1, -0.05) is 37.5 Å². The normalized spacial score (nSPS) is 11.2. The molecule has 0 radical (unpaired) electrons. The fourth-order valence-electron chi connectivity index (χ4n) is 0.835. The second kappa shape index (κ2) is 2.84. The van der Waals surface area contributed by atoms with E-state index in [1.807, 2.05) is 20.8 Å². The Kier molecular flexibility index (Phi) is 2.16. The standard InChI is InChI=1S/C9H10ClNO/c1-5-6-7(10)8(11-12-6)9(2,3)4/h1H,2-4H3. The maximum atomic E-state index is 5.91. The van der Waals surface area contributed by atoms with Crippen molar-refractivity contribution in [1.82, 2.24) is 5.16 Å². The Morgan fingerprint density at radius 2 is 2.08 bits per heavy atom. The molecular weight excluding hydrogens is 174 g/mol. The van der Waals surface area contributed by atoms with Crippen LogP contribution in [0.4, 0.5) is 0 Å². The van der Waals surface area contributed by atoms with E-state index in [0.29, 0.717) is 16.5 Å². The summed E-state index contributed by atoms with van der Waals surface area (Å²) in [5, 5.41) is 4.26. The molecule has 3 heteroatoms. The highest BCUT2D eigenvalue weighted by Gasteiger charge is 2.24. The third-order valence-electron chi connectivity index (χ3n) is 1.48. The van der Waals surface area contributed by atoms with Crippen LogP contribution in [0.2, 0.25) is 5.02 Å². The van der Waals surface area contributed by atoms with E-state index in [0.717, 1.165) is 0 Å². The van der Waals surface area contributed by atoms with E-state index < -0.39 is 0 Å². The van der Waals surface area contributed by atoms with Gasteiger partial charge in [0.1, 0.15) is 10.7 Å². The van der Waals surface area contributed by atoms with Crippen molar-refractivity contribution in [3.63, 3.8) is 0 Å². The fourth-order valence-corrected chi connectivity index (χ4v) is 1.24. The predicted octanol–water partition coefficient (Wildman–Crippen LogP) is 2.61. The van der Waals surface area contributed by atoms with Crippen LogP contribution < -0.4 is 0 Å². The summed E-state index contributed by atoms with van der Waals surface area (Å²) in [6.07, 6.45) is 5.14. The monoisotopic (exact) mass is 183 g/mol. The molecule has 0 fully saturated rings.